The van der Waals surface area contributed by atoms with Crippen LogP contribution in [-0.4, -0.2) is 21.3 Å². The number of aromatic carboxylic acids is 1. The number of carbonyl (C=O) groups is 1. The molecule has 1 aromatic carbocycles. The highest BCUT2D eigenvalue weighted by molar-refractivity contribution is 5.91. The molecule has 1 rings (SSSR count). The van der Waals surface area contributed by atoms with Gasteiger partial charge in [0.1, 0.15) is 5.75 Å². The Morgan fingerprint density at radius 3 is 1.47 bits per heavy atom. The molecule has 0 unspecified atom stereocenters. The van der Waals surface area contributed by atoms with Crippen LogP contribution in [0, 0.1) is 0 Å². The lowest BCUT2D eigenvalue weighted by atomic mass is 9.98. The number of carboxylic acid groups (broad SMARTS) is 1. The predicted octanol–water partition coefficient (Wildman–Crippen LogP) is 7.45. The lowest BCUT2D eigenvalue weighted by Gasteiger charge is -2.19. The van der Waals surface area contributed by atoms with E-state index < -0.39 is 23.2 Å². The molecule has 0 amide bonds. The van der Waals surface area contributed by atoms with Gasteiger partial charge in [-0.1, -0.05) is 122 Å². The zero-order chi connectivity index (χ0) is 23.6. The van der Waals surface area contributed by atoms with Gasteiger partial charge in [-0.25, -0.2) is 4.79 Å². The Bertz CT molecular complexity index is 641. The normalized spacial score (nSPS) is 11.2. The summed E-state index contributed by atoms with van der Waals surface area (Å²) in [6, 6.07) is 0.961. The molecule has 0 aliphatic carbocycles. The Balaban J connectivity index is 1.98. The van der Waals surface area contributed by atoms with Crippen molar-refractivity contribution in [3.63, 3.8) is 0 Å². The molecule has 0 bridgehead atoms. The van der Waals surface area contributed by atoms with Crippen molar-refractivity contribution in [1.29, 1.82) is 0 Å². The Morgan fingerprint density at radius 1 is 0.719 bits per heavy atom. The molecule has 0 fully saturated rings. The number of rotatable bonds is 20. The minimum Gasteiger partial charge on any atom is -0.870 e. The van der Waals surface area contributed by atoms with Crippen molar-refractivity contribution in [3.8, 4) is 17.2 Å². The average Bonchev–Trinajstić information content (AvgIpc) is 2.77. The van der Waals surface area contributed by atoms with E-state index in [-0.39, 0.29) is 11.1 Å². The van der Waals surface area contributed by atoms with Crippen LogP contribution in [0.4, 0.5) is 0 Å². The van der Waals surface area contributed by atoms with Gasteiger partial charge in [0.2, 0.25) is 0 Å². The van der Waals surface area contributed by atoms with Crippen LogP contribution >= 0.6 is 0 Å². The van der Waals surface area contributed by atoms with Crippen molar-refractivity contribution >= 4 is 5.97 Å². The maximum absolute atomic E-state index is 12.1. The molecule has 5 nitrogen and oxygen atoms in total. The molecule has 1 aromatic rings. The van der Waals surface area contributed by atoms with Crippen LogP contribution in [0.3, 0.4) is 0 Å². The first-order chi connectivity index (χ1) is 15.5. The Kier molecular flexibility index (Phi) is 15.5. The molecule has 0 heterocycles. The summed E-state index contributed by atoms with van der Waals surface area (Å²) in [5, 5.41) is 40.3. The highest BCUT2D eigenvalue weighted by Crippen LogP contribution is 2.38. The van der Waals surface area contributed by atoms with Gasteiger partial charge >= 0.3 is 5.97 Å². The van der Waals surface area contributed by atoms with Crippen LogP contribution in [-0.2, 0) is 6.42 Å². The summed E-state index contributed by atoms with van der Waals surface area (Å²) in [6.45, 7) is 2.26. The van der Waals surface area contributed by atoms with Gasteiger partial charge in [-0.05, 0) is 24.5 Å². The predicted molar refractivity (Wildman–Crippen MR) is 129 cm³/mol. The fourth-order valence-corrected chi connectivity index (χ4v) is 4.32. The van der Waals surface area contributed by atoms with E-state index in [0.29, 0.717) is 12.8 Å². The number of aromatic hydroxyl groups is 2. The molecule has 0 atom stereocenters. The topological polar surface area (TPSA) is 101 Å². The number of carboxylic acids is 1. The lowest BCUT2D eigenvalue weighted by molar-refractivity contribution is -0.271. The summed E-state index contributed by atoms with van der Waals surface area (Å²) in [5.41, 5.74) is -0.124. The number of hydrogen-bond acceptors (Lipinski definition) is 4. The summed E-state index contributed by atoms with van der Waals surface area (Å²) in [6.07, 6.45) is 23.2. The molecule has 0 aromatic heterocycles. The summed E-state index contributed by atoms with van der Waals surface area (Å²) in [4.78, 5) is 11.3. The minimum atomic E-state index is -1.25. The largest absolute Gasteiger partial charge is 0.870 e. The highest BCUT2D eigenvalue weighted by Gasteiger charge is 2.16. The molecular weight excluding hydrogens is 404 g/mol. The van der Waals surface area contributed by atoms with Gasteiger partial charge in [0.15, 0.2) is 5.75 Å². The SMILES string of the molecule is CCCCCCCCCCCCCCCCCCCCc1c(C(=O)O)cc(O)c(O)c1[O-]. The molecule has 0 spiro atoms. The first-order valence-corrected chi connectivity index (χ1v) is 13.0. The van der Waals surface area contributed by atoms with Crippen molar-refractivity contribution in [2.75, 3.05) is 0 Å². The summed E-state index contributed by atoms with van der Waals surface area (Å²) in [7, 11) is 0. The van der Waals surface area contributed by atoms with Gasteiger partial charge in [0, 0.05) is 0 Å². The van der Waals surface area contributed by atoms with Gasteiger partial charge in [0.05, 0.1) is 5.56 Å². The Morgan fingerprint density at radius 2 is 1.09 bits per heavy atom. The maximum Gasteiger partial charge on any atom is 0.336 e. The van der Waals surface area contributed by atoms with E-state index in [0.717, 1.165) is 25.3 Å². The van der Waals surface area contributed by atoms with E-state index in [9.17, 15) is 25.2 Å². The third-order valence-corrected chi connectivity index (χ3v) is 6.35. The summed E-state index contributed by atoms with van der Waals surface area (Å²) >= 11 is 0. The van der Waals surface area contributed by atoms with Crippen LogP contribution in [0.5, 0.6) is 17.2 Å². The van der Waals surface area contributed by atoms with Crippen LogP contribution < -0.4 is 5.11 Å². The van der Waals surface area contributed by atoms with E-state index in [4.69, 9.17) is 0 Å². The molecule has 5 heteroatoms. The number of unbranched alkanes of at least 4 members (excludes halogenated alkanes) is 17. The number of hydrogen-bond donors (Lipinski definition) is 3. The van der Waals surface area contributed by atoms with Crippen molar-refractivity contribution in [1.82, 2.24) is 0 Å². The van der Waals surface area contributed by atoms with Crippen LogP contribution in [0.15, 0.2) is 6.07 Å². The van der Waals surface area contributed by atoms with Gasteiger partial charge in [-0.2, -0.15) is 0 Å². The molecule has 0 aliphatic rings. The van der Waals surface area contributed by atoms with Crippen molar-refractivity contribution in [2.45, 2.75) is 129 Å². The van der Waals surface area contributed by atoms with E-state index in [1.807, 2.05) is 0 Å². The molecule has 184 valence electrons. The summed E-state index contributed by atoms with van der Waals surface area (Å²) in [5.74, 6) is -3.45. The molecule has 0 saturated carbocycles. The summed E-state index contributed by atoms with van der Waals surface area (Å²) < 4.78 is 0. The second kappa shape index (κ2) is 17.6. The van der Waals surface area contributed by atoms with Crippen LogP contribution in [0.2, 0.25) is 0 Å². The van der Waals surface area contributed by atoms with Gasteiger partial charge in [-0.15, -0.1) is 0 Å². The van der Waals surface area contributed by atoms with E-state index in [1.165, 1.54) is 89.9 Å². The average molecular weight is 450 g/mol. The third kappa shape index (κ3) is 11.6. The number of phenolic OH excluding ortho intramolecular Hbond substituents is 2. The lowest BCUT2D eigenvalue weighted by Crippen LogP contribution is -2.07. The second-order valence-electron chi connectivity index (χ2n) is 9.17. The fourth-order valence-electron chi connectivity index (χ4n) is 4.32. The zero-order valence-corrected chi connectivity index (χ0v) is 20.2. The highest BCUT2D eigenvalue weighted by atomic mass is 16.4. The molecule has 0 aliphatic heterocycles. The number of phenols is 2. The third-order valence-electron chi connectivity index (χ3n) is 6.35. The smallest absolute Gasteiger partial charge is 0.336 e. The van der Waals surface area contributed by atoms with E-state index in [2.05, 4.69) is 6.92 Å². The molecular formula is C27H45O5-. The van der Waals surface area contributed by atoms with E-state index in [1.54, 1.807) is 0 Å². The molecule has 3 N–H and O–H groups in total. The van der Waals surface area contributed by atoms with E-state index >= 15 is 0 Å². The zero-order valence-electron chi connectivity index (χ0n) is 20.2. The van der Waals surface area contributed by atoms with Gasteiger partial charge in [-0.3, -0.25) is 0 Å². The van der Waals surface area contributed by atoms with Crippen molar-refractivity contribution in [3.05, 3.63) is 17.2 Å². The standard InChI is InChI=1S/C27H46O5/c1-2-3-4-5-6-7-8-9-10-11-12-13-14-15-16-17-18-19-20-22-23(27(31)32)21-24(28)26(30)25(22)29/h21,28-30H,2-20H2,1H3,(H,31,32)/p-1. The minimum absolute atomic E-state index is 0.0873. The molecule has 0 saturated heterocycles. The Labute approximate surface area is 194 Å². The van der Waals surface area contributed by atoms with Crippen LogP contribution in [0.25, 0.3) is 0 Å². The number of benzene rings is 1. The van der Waals surface area contributed by atoms with Crippen molar-refractivity contribution in [2.24, 2.45) is 0 Å². The maximum atomic E-state index is 12.1. The van der Waals surface area contributed by atoms with Crippen LogP contribution in [0.1, 0.15) is 138 Å². The van der Waals surface area contributed by atoms with Gasteiger partial charge < -0.3 is 20.4 Å². The second-order valence-corrected chi connectivity index (χ2v) is 9.17. The van der Waals surface area contributed by atoms with Gasteiger partial charge in [0.25, 0.3) is 0 Å². The monoisotopic (exact) mass is 449 g/mol. The first kappa shape index (κ1) is 28.1. The van der Waals surface area contributed by atoms with Crippen molar-refractivity contribution < 1.29 is 25.2 Å². The molecule has 32 heavy (non-hydrogen) atoms. The fraction of sp³-hybridized carbons (Fsp3) is 0.741. The first-order valence-electron chi connectivity index (χ1n) is 13.0. The quantitative estimate of drug-likeness (QED) is 0.142. The molecule has 0 radical (unpaired) electrons. The Hall–Kier alpha value is -1.91.